The highest BCUT2D eigenvalue weighted by atomic mass is 32.1. The molecule has 0 atom stereocenters. The Morgan fingerprint density at radius 1 is 1.40 bits per heavy atom. The van der Waals surface area contributed by atoms with Gasteiger partial charge in [-0.2, -0.15) is 4.98 Å². The molecule has 2 heterocycles. The van der Waals surface area contributed by atoms with E-state index in [-0.39, 0.29) is 5.41 Å². The third-order valence-corrected chi connectivity index (χ3v) is 2.90. The topological polar surface area (TPSA) is 64.9 Å². The molecule has 5 heteroatoms. The largest absolute Gasteiger partial charge is 0.397 e. The van der Waals surface area contributed by atoms with Crippen LogP contribution in [0.5, 0.6) is 0 Å². The number of hydrogen-bond donors (Lipinski definition) is 1. The summed E-state index contributed by atoms with van der Waals surface area (Å²) in [5.41, 5.74) is 6.35. The molecule has 0 bridgehead atoms. The molecule has 0 spiro atoms. The molecule has 0 aliphatic carbocycles. The summed E-state index contributed by atoms with van der Waals surface area (Å²) in [4.78, 5) is 5.18. The first-order chi connectivity index (χ1) is 6.98. The number of nitrogens with zero attached hydrogens (tertiary/aromatic N) is 2. The molecule has 15 heavy (non-hydrogen) atoms. The molecule has 2 aromatic rings. The average Bonchev–Trinajstić information content (AvgIpc) is 2.69. The zero-order valence-electron chi connectivity index (χ0n) is 8.94. The maximum absolute atomic E-state index is 5.77. The minimum atomic E-state index is -0.103. The second-order valence-corrected chi connectivity index (χ2v) is 5.29. The lowest BCUT2D eigenvalue weighted by Gasteiger charge is -2.10. The summed E-state index contributed by atoms with van der Waals surface area (Å²) >= 11 is 1.51. The van der Waals surface area contributed by atoms with Crippen LogP contribution < -0.4 is 5.73 Å². The zero-order valence-corrected chi connectivity index (χ0v) is 9.76. The maximum atomic E-state index is 5.77. The Morgan fingerprint density at radius 2 is 2.13 bits per heavy atom. The summed E-state index contributed by atoms with van der Waals surface area (Å²) in [6, 6.07) is 1.83. The molecule has 0 radical (unpaired) electrons. The van der Waals surface area contributed by atoms with Crippen LogP contribution in [0.15, 0.2) is 16.0 Å². The number of thiophene rings is 1. The number of nitrogens with two attached hydrogens (primary N) is 1. The van der Waals surface area contributed by atoms with Crippen molar-refractivity contribution in [1.82, 2.24) is 10.1 Å². The molecule has 2 rings (SSSR count). The molecular weight excluding hydrogens is 210 g/mol. The van der Waals surface area contributed by atoms with Crippen molar-refractivity contribution in [2.45, 2.75) is 26.2 Å². The summed E-state index contributed by atoms with van der Waals surface area (Å²) in [7, 11) is 0. The molecule has 80 valence electrons. The van der Waals surface area contributed by atoms with Gasteiger partial charge in [0.15, 0.2) is 5.82 Å². The van der Waals surface area contributed by atoms with E-state index in [1.165, 1.54) is 11.3 Å². The van der Waals surface area contributed by atoms with Gasteiger partial charge in [-0.05, 0) is 11.4 Å². The molecule has 2 N–H and O–H groups in total. The van der Waals surface area contributed by atoms with E-state index < -0.39 is 0 Å². The first kappa shape index (κ1) is 10.2. The zero-order chi connectivity index (χ0) is 11.1. The third kappa shape index (κ3) is 1.87. The monoisotopic (exact) mass is 223 g/mol. The second kappa shape index (κ2) is 3.34. The Hall–Kier alpha value is -1.36. The van der Waals surface area contributed by atoms with Crippen LogP contribution in [-0.2, 0) is 5.41 Å². The number of anilines is 1. The number of hydrogen-bond acceptors (Lipinski definition) is 5. The van der Waals surface area contributed by atoms with Crippen molar-refractivity contribution >= 4 is 17.0 Å². The van der Waals surface area contributed by atoms with Crippen molar-refractivity contribution in [3.63, 3.8) is 0 Å². The number of nitrogen functional groups attached to an aromatic ring is 1. The van der Waals surface area contributed by atoms with Gasteiger partial charge in [0.2, 0.25) is 0 Å². The van der Waals surface area contributed by atoms with Gasteiger partial charge in [0, 0.05) is 5.41 Å². The van der Waals surface area contributed by atoms with Crippen molar-refractivity contribution in [2.75, 3.05) is 5.73 Å². The highest BCUT2D eigenvalue weighted by molar-refractivity contribution is 7.14. The number of rotatable bonds is 1. The van der Waals surface area contributed by atoms with E-state index in [0.29, 0.717) is 17.4 Å². The summed E-state index contributed by atoms with van der Waals surface area (Å²) in [6.45, 7) is 6.12. The Labute approximate surface area is 92.1 Å². The fourth-order valence-electron chi connectivity index (χ4n) is 1.11. The van der Waals surface area contributed by atoms with E-state index in [4.69, 9.17) is 10.3 Å². The molecule has 0 aliphatic heterocycles. The Bertz CT molecular complexity index is 467. The van der Waals surface area contributed by atoms with Crippen LogP contribution in [0.2, 0.25) is 0 Å². The van der Waals surface area contributed by atoms with E-state index in [0.717, 1.165) is 4.88 Å². The first-order valence-corrected chi connectivity index (χ1v) is 5.54. The van der Waals surface area contributed by atoms with Crippen molar-refractivity contribution in [3.05, 3.63) is 17.3 Å². The summed E-state index contributed by atoms with van der Waals surface area (Å²) in [5.74, 6) is 1.21. The molecule has 0 saturated heterocycles. The Morgan fingerprint density at radius 3 is 2.60 bits per heavy atom. The van der Waals surface area contributed by atoms with E-state index in [2.05, 4.69) is 10.1 Å². The highest BCUT2D eigenvalue weighted by Gasteiger charge is 2.22. The average molecular weight is 223 g/mol. The summed E-state index contributed by atoms with van der Waals surface area (Å²) in [5, 5.41) is 5.86. The Balaban J connectivity index is 2.41. The smallest absolute Gasteiger partial charge is 0.270 e. The molecule has 0 aromatic carbocycles. The highest BCUT2D eigenvalue weighted by Crippen LogP contribution is 2.31. The van der Waals surface area contributed by atoms with Crippen molar-refractivity contribution in [2.24, 2.45) is 0 Å². The molecule has 2 aromatic heterocycles. The van der Waals surface area contributed by atoms with Gasteiger partial charge in [-0.15, -0.1) is 11.3 Å². The first-order valence-electron chi connectivity index (χ1n) is 4.66. The lowest BCUT2D eigenvalue weighted by atomic mass is 9.96. The van der Waals surface area contributed by atoms with Crippen molar-refractivity contribution < 1.29 is 4.52 Å². The quantitative estimate of drug-likeness (QED) is 0.807. The molecule has 0 aliphatic rings. The third-order valence-electron chi connectivity index (χ3n) is 1.99. The van der Waals surface area contributed by atoms with E-state index in [9.17, 15) is 0 Å². The van der Waals surface area contributed by atoms with Crippen LogP contribution in [0.4, 0.5) is 5.69 Å². The predicted molar refractivity (Wildman–Crippen MR) is 60.7 cm³/mol. The van der Waals surface area contributed by atoms with E-state index in [1.54, 1.807) is 0 Å². The lowest BCUT2D eigenvalue weighted by molar-refractivity contribution is 0.403. The fourth-order valence-corrected chi connectivity index (χ4v) is 1.85. The van der Waals surface area contributed by atoms with Gasteiger partial charge in [0.1, 0.15) is 4.88 Å². The van der Waals surface area contributed by atoms with Gasteiger partial charge >= 0.3 is 0 Å². The standard InChI is InChI=1S/C10H13N3OS/c1-10(2,3)9-12-8(14-13-9)7-6(11)4-5-15-7/h4-5H,11H2,1-3H3. The van der Waals surface area contributed by atoms with Crippen molar-refractivity contribution in [3.8, 4) is 10.8 Å². The minimum Gasteiger partial charge on any atom is -0.397 e. The fraction of sp³-hybridized carbons (Fsp3) is 0.400. The van der Waals surface area contributed by atoms with Gasteiger partial charge in [-0.1, -0.05) is 25.9 Å². The van der Waals surface area contributed by atoms with Crippen molar-refractivity contribution in [1.29, 1.82) is 0 Å². The second-order valence-electron chi connectivity index (χ2n) is 4.38. The molecular formula is C10H13N3OS. The SMILES string of the molecule is CC(C)(C)c1noc(-c2sccc2N)n1. The van der Waals surface area contributed by atoms with Crippen LogP contribution in [0, 0.1) is 0 Å². The van der Waals surface area contributed by atoms with Crippen LogP contribution in [0.1, 0.15) is 26.6 Å². The van der Waals surface area contributed by atoms with Gasteiger partial charge in [0.05, 0.1) is 5.69 Å². The lowest BCUT2D eigenvalue weighted by Crippen LogP contribution is -2.13. The van der Waals surface area contributed by atoms with Crippen LogP contribution in [0.25, 0.3) is 10.8 Å². The molecule has 0 unspecified atom stereocenters. The minimum absolute atomic E-state index is 0.103. The van der Waals surface area contributed by atoms with E-state index in [1.807, 2.05) is 32.2 Å². The van der Waals surface area contributed by atoms with Crippen LogP contribution in [-0.4, -0.2) is 10.1 Å². The normalized spacial score (nSPS) is 11.9. The summed E-state index contributed by atoms with van der Waals surface area (Å²) in [6.07, 6.45) is 0. The van der Waals surface area contributed by atoms with Crippen LogP contribution in [0.3, 0.4) is 0 Å². The van der Waals surface area contributed by atoms with E-state index >= 15 is 0 Å². The molecule has 4 nitrogen and oxygen atoms in total. The van der Waals surface area contributed by atoms with Gasteiger partial charge < -0.3 is 10.3 Å². The number of aromatic nitrogens is 2. The molecule has 0 fully saturated rings. The van der Waals surface area contributed by atoms with Gasteiger partial charge in [-0.25, -0.2) is 0 Å². The van der Waals surface area contributed by atoms with Gasteiger partial charge in [0.25, 0.3) is 5.89 Å². The predicted octanol–water partition coefficient (Wildman–Crippen LogP) is 2.68. The van der Waals surface area contributed by atoms with Gasteiger partial charge in [-0.3, -0.25) is 0 Å². The summed E-state index contributed by atoms with van der Waals surface area (Å²) < 4.78 is 5.19. The molecule has 0 amide bonds. The maximum Gasteiger partial charge on any atom is 0.270 e. The van der Waals surface area contributed by atoms with Crippen LogP contribution >= 0.6 is 11.3 Å². The Kier molecular flexibility index (Phi) is 2.26. The molecule has 0 saturated carbocycles.